The van der Waals surface area contributed by atoms with Gasteiger partial charge in [0.15, 0.2) is 5.58 Å². The zero-order chi connectivity index (χ0) is 44.6. The quantitative estimate of drug-likeness (QED) is 0.181. The fraction of sp³-hybridized carbons (Fsp3) is 0.133. The lowest BCUT2D eigenvalue weighted by Gasteiger charge is -2.27. The molecule has 0 unspecified atom stereocenters. The molecule has 5 heteroatoms. The highest BCUT2D eigenvalue weighted by molar-refractivity contribution is 6.15. The van der Waals surface area contributed by atoms with E-state index in [1.807, 2.05) is 12.3 Å². The van der Waals surface area contributed by atoms with E-state index in [-0.39, 0.29) is 16.6 Å². The molecular weight excluding hydrogens is 795 g/mol. The maximum absolute atomic E-state index is 12.5. The van der Waals surface area contributed by atoms with Gasteiger partial charge in [-0.2, -0.15) is 0 Å². The molecule has 0 spiro atoms. The SMILES string of the molecule is CC(C)(C)c1cc(-c2nc3c(-c4cc(-c5ccccc5)cc(-c5cc6c(cn5)oc5c7ccccc7ccc65)c4)cccc3n2-c2ccccc2-c2ccccc2)c(O)c(C(C)(C)C)c1. The van der Waals surface area contributed by atoms with Gasteiger partial charge in [0.25, 0.3) is 0 Å². The molecule has 0 bridgehead atoms. The third-order valence-electron chi connectivity index (χ3n) is 12.8. The van der Waals surface area contributed by atoms with Crippen LogP contribution in [0, 0.1) is 0 Å². The molecule has 11 aromatic rings. The molecule has 0 saturated carbocycles. The Balaban J connectivity index is 1.19. The number of nitrogens with zero attached hydrogens (tertiary/aromatic N) is 3. The second-order valence-corrected chi connectivity index (χ2v) is 19.2. The lowest BCUT2D eigenvalue weighted by atomic mass is 9.79. The van der Waals surface area contributed by atoms with Gasteiger partial charge in [0, 0.05) is 38.4 Å². The predicted molar refractivity (Wildman–Crippen MR) is 270 cm³/mol. The van der Waals surface area contributed by atoms with E-state index in [0.29, 0.717) is 11.4 Å². The van der Waals surface area contributed by atoms with Gasteiger partial charge in [-0.25, -0.2) is 4.98 Å². The molecule has 0 fully saturated rings. The highest BCUT2D eigenvalue weighted by Gasteiger charge is 2.29. The lowest BCUT2D eigenvalue weighted by Crippen LogP contribution is -2.17. The minimum atomic E-state index is -0.327. The number of hydrogen-bond acceptors (Lipinski definition) is 4. The third kappa shape index (κ3) is 6.95. The van der Waals surface area contributed by atoms with Gasteiger partial charge in [-0.1, -0.05) is 169 Å². The van der Waals surface area contributed by atoms with Crippen LogP contribution in [-0.4, -0.2) is 19.6 Å². The van der Waals surface area contributed by atoms with Crippen LogP contribution in [-0.2, 0) is 10.8 Å². The van der Waals surface area contributed by atoms with Crippen molar-refractivity contribution in [3.8, 4) is 67.5 Å². The smallest absolute Gasteiger partial charge is 0.153 e. The van der Waals surface area contributed by atoms with Crippen molar-refractivity contribution in [1.82, 2.24) is 14.5 Å². The topological polar surface area (TPSA) is 64.1 Å². The molecule has 3 aromatic heterocycles. The number of rotatable bonds is 6. The van der Waals surface area contributed by atoms with Gasteiger partial charge >= 0.3 is 0 Å². The Hall–Kier alpha value is -7.76. The van der Waals surface area contributed by atoms with Crippen LogP contribution in [0.4, 0.5) is 0 Å². The third-order valence-corrected chi connectivity index (χ3v) is 12.8. The van der Waals surface area contributed by atoms with E-state index in [4.69, 9.17) is 14.4 Å². The van der Waals surface area contributed by atoms with Crippen LogP contribution in [0.3, 0.4) is 0 Å². The number of imidazole rings is 1. The summed E-state index contributed by atoms with van der Waals surface area (Å²) in [5.74, 6) is 0.922. The number of benzene rings is 8. The average Bonchev–Trinajstić information content (AvgIpc) is 3.90. The molecule has 3 heterocycles. The Bertz CT molecular complexity index is 3620. The van der Waals surface area contributed by atoms with Gasteiger partial charge in [-0.05, 0) is 92.6 Å². The van der Waals surface area contributed by atoms with Gasteiger partial charge < -0.3 is 9.52 Å². The van der Waals surface area contributed by atoms with Crippen molar-refractivity contribution in [3.05, 3.63) is 193 Å². The molecule has 0 aliphatic rings. The Morgan fingerprint density at radius 2 is 1.18 bits per heavy atom. The molecular formula is C60H49N3O2. The van der Waals surface area contributed by atoms with Crippen molar-refractivity contribution in [3.63, 3.8) is 0 Å². The molecule has 0 amide bonds. The van der Waals surface area contributed by atoms with Crippen molar-refractivity contribution in [2.45, 2.75) is 52.4 Å². The number of aromatic hydroxyl groups is 1. The minimum Gasteiger partial charge on any atom is -0.507 e. The zero-order valence-corrected chi connectivity index (χ0v) is 37.5. The highest BCUT2D eigenvalue weighted by atomic mass is 16.3. The van der Waals surface area contributed by atoms with E-state index >= 15 is 0 Å². The molecule has 0 atom stereocenters. The maximum atomic E-state index is 12.5. The summed E-state index contributed by atoms with van der Waals surface area (Å²) in [7, 11) is 0. The van der Waals surface area contributed by atoms with Crippen LogP contribution in [0.2, 0.25) is 0 Å². The van der Waals surface area contributed by atoms with E-state index in [1.54, 1.807) is 0 Å². The van der Waals surface area contributed by atoms with Gasteiger partial charge in [0.2, 0.25) is 0 Å². The van der Waals surface area contributed by atoms with Gasteiger partial charge in [-0.15, -0.1) is 0 Å². The maximum Gasteiger partial charge on any atom is 0.153 e. The monoisotopic (exact) mass is 843 g/mol. The fourth-order valence-electron chi connectivity index (χ4n) is 9.39. The number of phenols is 1. The first-order valence-electron chi connectivity index (χ1n) is 22.4. The standard InChI is InChI=1S/C60H49N3O2/c1-59(2,3)43-33-49(56(64)50(34-43)60(4,5)6)58-62-55-45(25-17-27-53(55)63(58)52-26-16-15-23-44(52)38-20-11-8-12-21-38)41-30-40(37-18-9-7-10-19-37)31-42(32-41)51-35-48-47-29-28-39-22-13-14-24-46(39)57(47)65-54(48)36-61-51/h7-36,64H,1-6H3. The van der Waals surface area contributed by atoms with Crippen molar-refractivity contribution in [1.29, 1.82) is 0 Å². The van der Waals surface area contributed by atoms with Crippen LogP contribution >= 0.6 is 0 Å². The van der Waals surface area contributed by atoms with Crippen LogP contribution in [0.5, 0.6) is 5.75 Å². The molecule has 11 rings (SSSR count). The van der Waals surface area contributed by atoms with Crippen LogP contribution < -0.4 is 0 Å². The summed E-state index contributed by atoms with van der Waals surface area (Å²) in [5, 5.41) is 16.8. The zero-order valence-electron chi connectivity index (χ0n) is 37.5. The first-order chi connectivity index (χ1) is 31.4. The minimum absolute atomic E-state index is 0.186. The van der Waals surface area contributed by atoms with Crippen LogP contribution in [0.25, 0.3) is 105 Å². The molecule has 0 saturated heterocycles. The number of hydrogen-bond donors (Lipinski definition) is 1. The summed E-state index contributed by atoms with van der Waals surface area (Å²) in [5.41, 5.74) is 14.7. The van der Waals surface area contributed by atoms with Gasteiger partial charge in [0.1, 0.15) is 17.2 Å². The number of pyridine rings is 1. The molecule has 0 radical (unpaired) electrons. The van der Waals surface area contributed by atoms with E-state index in [1.165, 1.54) is 0 Å². The van der Waals surface area contributed by atoms with Crippen LogP contribution in [0.1, 0.15) is 52.7 Å². The number of furan rings is 1. The van der Waals surface area contributed by atoms with Crippen molar-refractivity contribution in [2.24, 2.45) is 0 Å². The number of para-hydroxylation sites is 2. The summed E-state index contributed by atoms with van der Waals surface area (Å²) in [6.07, 6.45) is 1.86. The summed E-state index contributed by atoms with van der Waals surface area (Å²) < 4.78 is 8.73. The largest absolute Gasteiger partial charge is 0.507 e. The van der Waals surface area contributed by atoms with E-state index in [0.717, 1.165) is 105 Å². The summed E-state index contributed by atoms with van der Waals surface area (Å²) in [4.78, 5) is 10.7. The second-order valence-electron chi connectivity index (χ2n) is 19.2. The number of fused-ring (bicyclic) bond motifs is 6. The molecule has 0 aliphatic carbocycles. The number of aromatic nitrogens is 3. The van der Waals surface area contributed by atoms with E-state index in [2.05, 4.69) is 216 Å². The average molecular weight is 844 g/mol. The fourth-order valence-corrected chi connectivity index (χ4v) is 9.39. The first kappa shape index (κ1) is 40.0. The van der Waals surface area contributed by atoms with Crippen molar-refractivity contribution < 1.29 is 9.52 Å². The lowest BCUT2D eigenvalue weighted by molar-refractivity contribution is 0.446. The van der Waals surface area contributed by atoms with Crippen molar-refractivity contribution in [2.75, 3.05) is 0 Å². The van der Waals surface area contributed by atoms with E-state index in [9.17, 15) is 5.11 Å². The summed E-state index contributed by atoms with van der Waals surface area (Å²) >= 11 is 0. The van der Waals surface area contributed by atoms with E-state index < -0.39 is 0 Å². The van der Waals surface area contributed by atoms with Crippen LogP contribution in [0.15, 0.2) is 187 Å². The molecule has 316 valence electrons. The number of phenolic OH excluding ortho intramolecular Hbond substituents is 1. The Morgan fingerprint density at radius 3 is 1.95 bits per heavy atom. The molecule has 65 heavy (non-hydrogen) atoms. The summed E-state index contributed by atoms with van der Waals surface area (Å²) in [6, 6.07) is 61.8. The molecule has 5 nitrogen and oxygen atoms in total. The Kier molecular flexibility index (Phi) is 9.37. The first-order valence-corrected chi connectivity index (χ1v) is 22.4. The molecule has 0 aliphatic heterocycles. The summed E-state index contributed by atoms with van der Waals surface area (Å²) in [6.45, 7) is 13.1. The second kappa shape index (κ2) is 15.2. The van der Waals surface area contributed by atoms with Gasteiger partial charge in [0.05, 0.1) is 34.2 Å². The predicted octanol–water partition coefficient (Wildman–Crippen LogP) is 16.1. The molecule has 8 aromatic carbocycles. The van der Waals surface area contributed by atoms with Gasteiger partial charge in [-0.3, -0.25) is 9.55 Å². The Morgan fingerprint density at radius 1 is 0.508 bits per heavy atom. The normalized spacial score (nSPS) is 12.2. The molecule has 1 N–H and O–H groups in total. The van der Waals surface area contributed by atoms with Crippen molar-refractivity contribution >= 4 is 43.7 Å². The Labute approximate surface area is 379 Å². The highest BCUT2D eigenvalue weighted by Crippen LogP contribution is 2.46.